The zero-order chi connectivity index (χ0) is 13.2. The van der Waals surface area contributed by atoms with E-state index in [-0.39, 0.29) is 0 Å². The lowest BCUT2D eigenvalue weighted by molar-refractivity contribution is -0.122. The Morgan fingerprint density at radius 3 is 2.84 bits per heavy atom. The maximum Gasteiger partial charge on any atom is 0.136 e. The van der Waals surface area contributed by atoms with Gasteiger partial charge in [0.25, 0.3) is 0 Å². The molecule has 1 aromatic carbocycles. The minimum Gasteiger partial charge on any atom is -0.299 e. The number of aromatic nitrogens is 2. The van der Waals surface area contributed by atoms with Gasteiger partial charge < -0.3 is 0 Å². The summed E-state index contributed by atoms with van der Waals surface area (Å²) in [4.78, 5) is 12.1. The molecule has 3 nitrogen and oxygen atoms in total. The van der Waals surface area contributed by atoms with Crippen LogP contribution in [0, 0.1) is 5.92 Å². The third kappa shape index (κ3) is 2.42. The van der Waals surface area contributed by atoms with Crippen LogP contribution in [0.4, 0.5) is 0 Å². The molecule has 100 valence electrons. The molecule has 0 radical (unpaired) electrons. The van der Waals surface area contributed by atoms with Crippen LogP contribution < -0.4 is 0 Å². The van der Waals surface area contributed by atoms with Crippen molar-refractivity contribution in [1.29, 1.82) is 0 Å². The maximum absolute atomic E-state index is 12.1. The molecule has 0 aliphatic heterocycles. The van der Waals surface area contributed by atoms with Crippen molar-refractivity contribution in [1.82, 2.24) is 9.78 Å². The molecular formula is C16H20N2O. The van der Waals surface area contributed by atoms with Crippen LogP contribution in [0.1, 0.15) is 37.8 Å². The van der Waals surface area contributed by atoms with Gasteiger partial charge in [-0.05, 0) is 25.3 Å². The van der Waals surface area contributed by atoms with E-state index in [9.17, 15) is 4.79 Å². The van der Waals surface area contributed by atoms with Crippen molar-refractivity contribution in [2.24, 2.45) is 13.0 Å². The first-order chi connectivity index (χ1) is 9.25. The van der Waals surface area contributed by atoms with Crippen molar-refractivity contribution in [2.45, 2.75) is 38.5 Å². The van der Waals surface area contributed by atoms with Gasteiger partial charge in [-0.1, -0.05) is 31.0 Å². The summed E-state index contributed by atoms with van der Waals surface area (Å²) in [6, 6.07) is 8.23. The molecule has 0 spiro atoms. The summed E-state index contributed by atoms with van der Waals surface area (Å²) in [6.45, 7) is 0. The third-order valence-corrected chi connectivity index (χ3v) is 4.25. The van der Waals surface area contributed by atoms with Gasteiger partial charge in [0, 0.05) is 24.8 Å². The fourth-order valence-electron chi connectivity index (χ4n) is 3.17. The number of rotatable bonds is 4. The van der Waals surface area contributed by atoms with Gasteiger partial charge in [-0.15, -0.1) is 0 Å². The molecule has 0 saturated heterocycles. The van der Waals surface area contributed by atoms with E-state index in [0.29, 0.717) is 18.1 Å². The molecule has 1 saturated carbocycles. The molecule has 3 rings (SSSR count). The van der Waals surface area contributed by atoms with Crippen LogP contribution in [-0.2, 0) is 18.3 Å². The number of ketones is 1. The highest BCUT2D eigenvalue weighted by atomic mass is 16.1. The number of benzene rings is 1. The zero-order valence-corrected chi connectivity index (χ0v) is 11.4. The van der Waals surface area contributed by atoms with Crippen LogP contribution in [-0.4, -0.2) is 15.6 Å². The van der Waals surface area contributed by atoms with Gasteiger partial charge in [-0.25, -0.2) is 0 Å². The second-order valence-corrected chi connectivity index (χ2v) is 5.54. The fraction of sp³-hybridized carbons (Fsp3) is 0.500. The number of hydrogen-bond acceptors (Lipinski definition) is 2. The van der Waals surface area contributed by atoms with Gasteiger partial charge in [0.15, 0.2) is 0 Å². The van der Waals surface area contributed by atoms with Crippen LogP contribution in [0.15, 0.2) is 24.3 Å². The molecule has 1 fully saturated rings. The summed E-state index contributed by atoms with van der Waals surface area (Å²) in [5.41, 5.74) is 2.20. The van der Waals surface area contributed by atoms with E-state index < -0.39 is 0 Å². The molecule has 1 aliphatic carbocycles. The molecule has 0 N–H and O–H groups in total. The lowest BCUT2D eigenvalue weighted by Gasteiger charge is -2.06. The number of Topliss-reactive ketones (excluding diaryl/α,β-unsaturated/α-hetero) is 1. The van der Waals surface area contributed by atoms with Crippen LogP contribution >= 0.6 is 0 Å². The number of para-hydroxylation sites is 1. The minimum absolute atomic E-state index is 0.329. The molecule has 1 heterocycles. The highest BCUT2D eigenvalue weighted by molar-refractivity contribution is 5.84. The third-order valence-electron chi connectivity index (χ3n) is 4.25. The molecule has 2 aromatic rings. The summed E-state index contributed by atoms with van der Waals surface area (Å²) in [5.74, 6) is 0.766. The average Bonchev–Trinajstić information content (AvgIpc) is 3.06. The number of fused-ring (bicyclic) bond motifs is 1. The first-order valence-electron chi connectivity index (χ1n) is 7.19. The average molecular weight is 256 g/mol. The molecule has 0 atom stereocenters. The van der Waals surface area contributed by atoms with E-state index >= 15 is 0 Å². The Morgan fingerprint density at radius 1 is 1.32 bits per heavy atom. The van der Waals surface area contributed by atoms with E-state index in [1.54, 1.807) is 0 Å². The van der Waals surface area contributed by atoms with Gasteiger partial charge in [-0.2, -0.15) is 5.10 Å². The van der Waals surface area contributed by atoms with Crippen LogP contribution in [0.3, 0.4) is 0 Å². The first kappa shape index (κ1) is 12.4. The normalized spacial score (nSPS) is 16.3. The quantitative estimate of drug-likeness (QED) is 0.841. The minimum atomic E-state index is 0.329. The standard InChI is InChI=1S/C16H20N2O/c1-18-15-9-5-4-8-13(15)14(17-18)10-11-16(19)12-6-2-3-7-12/h4-5,8-9,12H,2-3,6-7,10-11H2,1H3. The summed E-state index contributed by atoms with van der Waals surface area (Å²) < 4.78 is 1.91. The van der Waals surface area contributed by atoms with Crippen molar-refractivity contribution in [3.63, 3.8) is 0 Å². The van der Waals surface area contributed by atoms with E-state index in [1.165, 1.54) is 18.2 Å². The number of carbonyl (C=O) groups is 1. The first-order valence-corrected chi connectivity index (χ1v) is 7.19. The van der Waals surface area contributed by atoms with Crippen LogP contribution in [0.2, 0.25) is 0 Å². The predicted molar refractivity (Wildman–Crippen MR) is 76.0 cm³/mol. The Balaban J connectivity index is 1.73. The largest absolute Gasteiger partial charge is 0.299 e. The lowest BCUT2D eigenvalue weighted by Crippen LogP contribution is -2.11. The SMILES string of the molecule is Cn1nc(CCC(=O)C2CCCC2)c2ccccc21. The van der Waals surface area contributed by atoms with E-state index in [0.717, 1.165) is 30.5 Å². The number of aryl methyl sites for hydroxylation is 2. The Bertz CT molecular complexity index is 594. The van der Waals surface area contributed by atoms with Crippen LogP contribution in [0.25, 0.3) is 10.9 Å². The molecule has 1 aliphatic rings. The lowest BCUT2D eigenvalue weighted by atomic mass is 9.97. The second-order valence-electron chi connectivity index (χ2n) is 5.54. The second kappa shape index (κ2) is 5.16. The van der Waals surface area contributed by atoms with E-state index in [4.69, 9.17) is 0 Å². The zero-order valence-electron chi connectivity index (χ0n) is 11.4. The Morgan fingerprint density at radius 2 is 2.05 bits per heavy atom. The summed E-state index contributed by atoms with van der Waals surface area (Å²) in [7, 11) is 1.96. The van der Waals surface area contributed by atoms with E-state index in [1.807, 2.05) is 23.9 Å². The smallest absolute Gasteiger partial charge is 0.136 e. The van der Waals surface area contributed by atoms with Gasteiger partial charge >= 0.3 is 0 Å². The number of carbonyl (C=O) groups excluding carboxylic acids is 1. The molecule has 19 heavy (non-hydrogen) atoms. The van der Waals surface area contributed by atoms with Crippen molar-refractivity contribution in [3.8, 4) is 0 Å². The van der Waals surface area contributed by atoms with Crippen LogP contribution in [0.5, 0.6) is 0 Å². The fourth-order valence-corrected chi connectivity index (χ4v) is 3.17. The van der Waals surface area contributed by atoms with Gasteiger partial charge in [0.2, 0.25) is 0 Å². The molecule has 3 heteroatoms. The molecule has 0 bridgehead atoms. The highest BCUT2D eigenvalue weighted by Crippen LogP contribution is 2.27. The molecular weight excluding hydrogens is 236 g/mol. The summed E-state index contributed by atoms with van der Waals surface area (Å²) >= 11 is 0. The molecule has 0 amide bonds. The Kier molecular flexibility index (Phi) is 3.36. The van der Waals surface area contributed by atoms with Crippen molar-refractivity contribution in [3.05, 3.63) is 30.0 Å². The Labute approximate surface area is 113 Å². The van der Waals surface area contributed by atoms with Crippen molar-refractivity contribution in [2.75, 3.05) is 0 Å². The summed E-state index contributed by atoms with van der Waals surface area (Å²) in [5, 5.41) is 5.74. The van der Waals surface area contributed by atoms with Gasteiger partial charge in [-0.3, -0.25) is 9.48 Å². The van der Waals surface area contributed by atoms with Crippen molar-refractivity contribution < 1.29 is 4.79 Å². The summed E-state index contributed by atoms with van der Waals surface area (Å²) in [6.07, 6.45) is 6.07. The number of nitrogens with zero attached hydrogens (tertiary/aromatic N) is 2. The topological polar surface area (TPSA) is 34.9 Å². The monoisotopic (exact) mass is 256 g/mol. The maximum atomic E-state index is 12.1. The van der Waals surface area contributed by atoms with Gasteiger partial charge in [0.05, 0.1) is 11.2 Å². The molecule has 0 unspecified atom stereocenters. The highest BCUT2D eigenvalue weighted by Gasteiger charge is 2.22. The molecule has 1 aromatic heterocycles. The predicted octanol–water partition coefficient (Wildman–Crippen LogP) is 3.27. The van der Waals surface area contributed by atoms with Gasteiger partial charge in [0.1, 0.15) is 5.78 Å². The van der Waals surface area contributed by atoms with Crippen molar-refractivity contribution >= 4 is 16.7 Å². The number of hydrogen-bond donors (Lipinski definition) is 0. The Hall–Kier alpha value is -1.64. The van der Waals surface area contributed by atoms with E-state index in [2.05, 4.69) is 17.2 Å².